The van der Waals surface area contributed by atoms with Crippen molar-refractivity contribution in [3.05, 3.63) is 61.0 Å². The third-order valence-corrected chi connectivity index (χ3v) is 4.99. The van der Waals surface area contributed by atoms with Gasteiger partial charge in [-0.15, -0.1) is 0 Å². The number of hydrogen-bond donors (Lipinski definition) is 0. The molecule has 0 spiro atoms. The molecule has 0 aliphatic heterocycles. The summed E-state index contributed by atoms with van der Waals surface area (Å²) in [5, 5.41) is 0. The summed E-state index contributed by atoms with van der Waals surface area (Å²) in [6, 6.07) is 6.53. The molecular formula is C13H9I3O3SZn-. The van der Waals surface area contributed by atoms with Crippen LogP contribution in [-0.2, 0) is 33.8 Å². The van der Waals surface area contributed by atoms with Gasteiger partial charge in [0.05, 0.1) is 0 Å². The summed E-state index contributed by atoms with van der Waals surface area (Å²) in [7, 11) is -3.80. The zero-order chi connectivity index (χ0) is 14.0. The number of allylic oxidation sites excluding steroid dienone is 2. The number of rotatable bonds is 3. The first-order valence-electron chi connectivity index (χ1n) is 5.26. The van der Waals surface area contributed by atoms with Crippen LogP contribution < -0.4 is 24.0 Å². The van der Waals surface area contributed by atoms with Gasteiger partial charge in [-0.05, 0) is 53.8 Å². The van der Waals surface area contributed by atoms with Crippen LogP contribution in [0.3, 0.4) is 0 Å². The second kappa shape index (κ2) is 9.37. The van der Waals surface area contributed by atoms with E-state index in [-0.39, 0.29) is 54.1 Å². The Morgan fingerprint density at radius 3 is 2.24 bits per heavy atom. The second-order valence-corrected chi connectivity index (χ2v) is 7.80. The van der Waals surface area contributed by atoms with Crippen molar-refractivity contribution in [3.63, 3.8) is 0 Å². The van der Waals surface area contributed by atoms with E-state index in [2.05, 4.69) is 28.3 Å². The van der Waals surface area contributed by atoms with Crippen molar-refractivity contribution >= 4 is 55.3 Å². The molecule has 0 atom stereocenters. The predicted octanol–water partition coefficient (Wildman–Crippen LogP) is 1.04. The van der Waals surface area contributed by atoms with Crippen LogP contribution >= 0.6 is 45.2 Å². The fourth-order valence-corrected chi connectivity index (χ4v) is 4.09. The van der Waals surface area contributed by atoms with Crippen molar-refractivity contribution in [2.45, 2.75) is 11.8 Å². The van der Waals surface area contributed by atoms with E-state index in [1.54, 1.807) is 18.2 Å². The van der Waals surface area contributed by atoms with E-state index in [0.717, 1.165) is 9.14 Å². The van der Waals surface area contributed by atoms with Gasteiger partial charge >= 0.3 is 10.1 Å². The average molecular weight is 691 g/mol. The zero-order valence-electron chi connectivity index (χ0n) is 10.9. The number of hydrogen-bond acceptors (Lipinski definition) is 3. The Morgan fingerprint density at radius 2 is 1.71 bits per heavy atom. The Hall–Kier alpha value is 1.04. The van der Waals surface area contributed by atoms with Crippen molar-refractivity contribution in [1.82, 2.24) is 0 Å². The molecule has 0 unspecified atom stereocenters. The quantitative estimate of drug-likeness (QED) is 0.206. The molecule has 2 rings (SSSR count). The van der Waals surface area contributed by atoms with Gasteiger partial charge in [0.15, 0.2) is 5.76 Å². The third-order valence-electron chi connectivity index (χ3n) is 2.33. The molecule has 21 heavy (non-hydrogen) atoms. The molecule has 0 amide bonds. The molecule has 1 radical (unpaired) electrons. The fourth-order valence-electron chi connectivity index (χ4n) is 1.36. The Bertz CT molecular complexity index is 690. The molecule has 109 valence electrons. The summed E-state index contributed by atoms with van der Waals surface area (Å²) in [4.78, 5) is 0.140. The molecule has 1 aromatic rings. The van der Waals surface area contributed by atoms with Crippen LogP contribution in [0.15, 0.2) is 56.4 Å². The molecule has 3 nitrogen and oxygen atoms in total. The SMILES string of the molecule is Cc1ccc(S(=O)(=O)OC2=C=CC(I)=C[C]2I)cc1.[I-].[Zn]. The predicted molar refractivity (Wildman–Crippen MR) is 90.4 cm³/mol. The smallest absolute Gasteiger partial charge is 0.339 e. The topological polar surface area (TPSA) is 43.4 Å². The molecule has 0 aromatic heterocycles. The molecule has 1 aliphatic carbocycles. The third kappa shape index (κ3) is 6.21. The molecule has 0 saturated heterocycles. The summed E-state index contributed by atoms with van der Waals surface area (Å²) >= 11 is 4.16. The van der Waals surface area contributed by atoms with Crippen LogP contribution in [-0.4, -0.2) is 8.42 Å². The van der Waals surface area contributed by atoms with Gasteiger partial charge in [-0.25, -0.2) is 0 Å². The molecule has 1 aliphatic rings. The maximum absolute atomic E-state index is 12.1. The summed E-state index contributed by atoms with van der Waals surface area (Å²) in [5.74, 6) is 0.224. The molecule has 8 heteroatoms. The van der Waals surface area contributed by atoms with E-state index < -0.39 is 10.1 Å². The van der Waals surface area contributed by atoms with Gasteiger partial charge in [-0.1, -0.05) is 46.0 Å². The minimum atomic E-state index is -3.80. The van der Waals surface area contributed by atoms with Crippen molar-refractivity contribution in [3.8, 4) is 0 Å². The average Bonchev–Trinajstić information content (AvgIpc) is 2.33. The maximum Gasteiger partial charge on any atom is 0.339 e. The van der Waals surface area contributed by atoms with Gasteiger partial charge in [-0.2, -0.15) is 8.42 Å². The van der Waals surface area contributed by atoms with Crippen molar-refractivity contribution in [1.29, 1.82) is 0 Å². The van der Waals surface area contributed by atoms with E-state index in [9.17, 15) is 8.42 Å². The van der Waals surface area contributed by atoms with Gasteiger partial charge in [0.1, 0.15) is 8.82 Å². The monoisotopic (exact) mass is 690 g/mol. The Morgan fingerprint density at radius 1 is 1.14 bits per heavy atom. The van der Waals surface area contributed by atoms with Gasteiger partial charge in [0, 0.05) is 23.1 Å². The minimum absolute atomic E-state index is 0. The summed E-state index contributed by atoms with van der Waals surface area (Å²) in [5.41, 5.74) is 3.82. The van der Waals surface area contributed by atoms with E-state index in [4.69, 9.17) is 4.18 Å². The number of benzene rings is 1. The summed E-state index contributed by atoms with van der Waals surface area (Å²) in [6.07, 6.45) is 3.51. The standard InChI is InChI=1S/C13H9I2O3S.HI.Zn/c1-9-2-5-11(6-3-9)19(16,17)18-13-7-4-10(14)8-12(13)15;;/h2-6,8H,1H3;1H;/p-1. The van der Waals surface area contributed by atoms with Crippen LogP contribution in [0.5, 0.6) is 0 Å². The summed E-state index contributed by atoms with van der Waals surface area (Å²) in [6.45, 7) is 1.90. The molecule has 0 heterocycles. The van der Waals surface area contributed by atoms with E-state index >= 15 is 0 Å². The zero-order valence-corrected chi connectivity index (χ0v) is 21.2. The molecule has 0 fully saturated rings. The van der Waals surface area contributed by atoms with Crippen LogP contribution in [0.2, 0.25) is 0 Å². The maximum atomic E-state index is 12.1. The molecule has 0 saturated carbocycles. The van der Waals surface area contributed by atoms with Gasteiger partial charge < -0.3 is 28.2 Å². The Labute approximate surface area is 181 Å². The van der Waals surface area contributed by atoms with Gasteiger partial charge in [-0.3, -0.25) is 0 Å². The van der Waals surface area contributed by atoms with Crippen LogP contribution in [0, 0.1) is 10.8 Å². The van der Waals surface area contributed by atoms with Crippen molar-refractivity contribution in [2.24, 2.45) is 0 Å². The first-order chi connectivity index (χ1) is 8.88. The largest absolute Gasteiger partial charge is 1.00 e. The fraction of sp³-hybridized carbons (Fsp3) is 0.0769. The number of aryl methyl sites for hydroxylation is 1. The van der Waals surface area contributed by atoms with Crippen LogP contribution in [0.1, 0.15) is 5.56 Å². The van der Waals surface area contributed by atoms with Gasteiger partial charge in [0.25, 0.3) is 0 Å². The molecule has 0 bridgehead atoms. The van der Waals surface area contributed by atoms with E-state index in [1.165, 1.54) is 12.1 Å². The normalized spacial score (nSPS) is 14.4. The van der Waals surface area contributed by atoms with Crippen LogP contribution in [0.25, 0.3) is 0 Å². The van der Waals surface area contributed by atoms with Crippen LogP contribution in [0.4, 0.5) is 0 Å². The number of halogens is 3. The first kappa shape index (κ1) is 22.0. The van der Waals surface area contributed by atoms with Gasteiger partial charge in [0.2, 0.25) is 0 Å². The van der Waals surface area contributed by atoms with Crippen molar-refractivity contribution < 1.29 is 56.1 Å². The Kier molecular flexibility index (Phi) is 9.83. The van der Waals surface area contributed by atoms with Crippen molar-refractivity contribution in [2.75, 3.05) is 0 Å². The minimum Gasteiger partial charge on any atom is -1.00 e. The second-order valence-electron chi connectivity index (χ2n) is 3.85. The van der Waals surface area contributed by atoms with E-state index in [0.29, 0.717) is 3.92 Å². The summed E-state index contributed by atoms with van der Waals surface area (Å²) < 4.78 is 31.0. The molecular weight excluding hydrogens is 682 g/mol. The van der Waals surface area contributed by atoms with E-state index in [1.807, 2.05) is 35.6 Å². The molecule has 1 aromatic carbocycles. The first-order valence-corrected chi connectivity index (χ1v) is 8.83. The Balaban J connectivity index is 0.00000200. The molecule has 0 N–H and O–H groups in total.